The monoisotopic (exact) mass is 396 g/mol. The molecule has 1 aromatic rings. The Morgan fingerprint density at radius 2 is 1.72 bits per heavy atom. The number of ketones is 2. The zero-order chi connectivity index (χ0) is 21.7. The van der Waals surface area contributed by atoms with Crippen LogP contribution in [0.2, 0.25) is 0 Å². The number of phenols is 1. The number of fused-ring (bicyclic) bond motifs is 1. The lowest BCUT2D eigenvalue weighted by atomic mass is 9.45. The van der Waals surface area contributed by atoms with Gasteiger partial charge in [0.1, 0.15) is 17.2 Å². The number of carbonyl (C=O) groups excluding carboxylic acids is 2. The fraction of sp³-hybridized carbons (Fsp3) is 0.417. The highest BCUT2D eigenvalue weighted by Gasteiger charge is 2.63. The number of hydrogen-bond acceptors (Lipinski definition) is 5. The summed E-state index contributed by atoms with van der Waals surface area (Å²) >= 11 is 0. The van der Waals surface area contributed by atoms with Crippen LogP contribution < -0.4 is 9.47 Å². The topological polar surface area (TPSA) is 72.8 Å². The summed E-state index contributed by atoms with van der Waals surface area (Å²) < 4.78 is 10.8. The van der Waals surface area contributed by atoms with Gasteiger partial charge in [-0.05, 0) is 37.0 Å². The third-order valence-corrected chi connectivity index (χ3v) is 7.09. The molecule has 3 rings (SSSR count). The molecular weight excluding hydrogens is 368 g/mol. The third kappa shape index (κ3) is 2.60. The Hall–Kier alpha value is -2.82. The van der Waals surface area contributed by atoms with E-state index in [4.69, 9.17) is 9.47 Å². The number of aromatic hydroxyl groups is 1. The van der Waals surface area contributed by atoms with Gasteiger partial charge < -0.3 is 14.6 Å². The summed E-state index contributed by atoms with van der Waals surface area (Å²) in [7, 11) is 3.00. The molecule has 154 valence electrons. The molecule has 0 aromatic heterocycles. The maximum atomic E-state index is 13.7. The van der Waals surface area contributed by atoms with Crippen molar-refractivity contribution in [2.75, 3.05) is 14.2 Å². The molecule has 29 heavy (non-hydrogen) atoms. The summed E-state index contributed by atoms with van der Waals surface area (Å²) in [6.07, 6.45) is 4.06. The number of benzene rings is 1. The molecule has 2 aliphatic carbocycles. The van der Waals surface area contributed by atoms with Crippen LogP contribution in [0, 0.1) is 10.8 Å². The van der Waals surface area contributed by atoms with Crippen LogP contribution >= 0.6 is 0 Å². The molecule has 5 nitrogen and oxygen atoms in total. The van der Waals surface area contributed by atoms with E-state index in [-0.39, 0.29) is 17.3 Å². The van der Waals surface area contributed by atoms with E-state index in [1.807, 2.05) is 19.9 Å². The van der Waals surface area contributed by atoms with E-state index in [1.54, 1.807) is 26.0 Å². The van der Waals surface area contributed by atoms with E-state index >= 15 is 0 Å². The lowest BCUT2D eigenvalue weighted by Gasteiger charge is -2.54. The highest BCUT2D eigenvalue weighted by Crippen LogP contribution is 2.64. The number of hydrogen-bond donors (Lipinski definition) is 1. The van der Waals surface area contributed by atoms with Crippen LogP contribution in [0.15, 0.2) is 47.6 Å². The molecule has 0 saturated carbocycles. The lowest BCUT2D eigenvalue weighted by molar-refractivity contribution is -0.147. The van der Waals surface area contributed by atoms with Crippen molar-refractivity contribution in [3.05, 3.63) is 53.1 Å². The highest BCUT2D eigenvalue weighted by atomic mass is 16.5. The minimum absolute atomic E-state index is 0.0339. The van der Waals surface area contributed by atoms with Crippen molar-refractivity contribution < 1.29 is 24.2 Å². The second kappa shape index (κ2) is 6.90. The van der Waals surface area contributed by atoms with Gasteiger partial charge in [-0.1, -0.05) is 32.6 Å². The molecule has 2 aliphatic rings. The standard InChI is InChI=1S/C24H28O5/c1-8-15-9-10-23(4)21(26)13(2)14(3)22(27)24(23,5)20(15)19-17(25)11-16(28-6)12-18(19)29-7/h8-9,11-12,20,25H,1,10H2,2-7H3. The van der Waals surface area contributed by atoms with Crippen molar-refractivity contribution in [1.29, 1.82) is 0 Å². The van der Waals surface area contributed by atoms with Gasteiger partial charge in [-0.3, -0.25) is 9.59 Å². The van der Waals surface area contributed by atoms with Crippen molar-refractivity contribution >= 4 is 11.6 Å². The first-order valence-electron chi connectivity index (χ1n) is 9.62. The molecule has 3 atom stereocenters. The molecule has 0 bridgehead atoms. The van der Waals surface area contributed by atoms with Crippen LogP contribution in [0.4, 0.5) is 0 Å². The van der Waals surface area contributed by atoms with E-state index in [9.17, 15) is 14.7 Å². The van der Waals surface area contributed by atoms with Crippen LogP contribution in [-0.4, -0.2) is 30.9 Å². The maximum Gasteiger partial charge on any atom is 0.166 e. The number of Topliss-reactive ketones (excluding diaryl/α,β-unsaturated/α-hetero) is 2. The van der Waals surface area contributed by atoms with Crippen LogP contribution in [0.25, 0.3) is 0 Å². The molecule has 1 N–H and O–H groups in total. The van der Waals surface area contributed by atoms with Crippen LogP contribution in [0.5, 0.6) is 17.2 Å². The van der Waals surface area contributed by atoms with E-state index in [2.05, 4.69) is 6.58 Å². The Morgan fingerprint density at radius 3 is 2.28 bits per heavy atom. The molecule has 3 unspecified atom stereocenters. The van der Waals surface area contributed by atoms with E-state index in [0.717, 1.165) is 5.57 Å². The number of phenolic OH excluding ortho intramolecular Hbond substituents is 1. The van der Waals surface area contributed by atoms with Crippen molar-refractivity contribution in [3.8, 4) is 17.2 Å². The molecule has 1 aromatic carbocycles. The summed E-state index contributed by atoms with van der Waals surface area (Å²) in [5.41, 5.74) is 0.180. The number of methoxy groups -OCH3 is 2. The van der Waals surface area contributed by atoms with Gasteiger partial charge in [-0.15, -0.1) is 0 Å². The highest BCUT2D eigenvalue weighted by molar-refractivity contribution is 6.17. The molecule has 0 amide bonds. The Bertz CT molecular complexity index is 983. The van der Waals surface area contributed by atoms with Gasteiger partial charge in [-0.2, -0.15) is 0 Å². The summed E-state index contributed by atoms with van der Waals surface area (Å²) in [6.45, 7) is 11.0. The Balaban J connectivity index is 2.40. The smallest absolute Gasteiger partial charge is 0.166 e. The van der Waals surface area contributed by atoms with Gasteiger partial charge >= 0.3 is 0 Å². The van der Waals surface area contributed by atoms with Crippen LogP contribution in [0.1, 0.15) is 45.6 Å². The predicted molar refractivity (Wildman–Crippen MR) is 111 cm³/mol. The molecule has 0 heterocycles. The van der Waals surface area contributed by atoms with Crippen LogP contribution in [-0.2, 0) is 9.59 Å². The summed E-state index contributed by atoms with van der Waals surface area (Å²) in [5.74, 6) is 0.0659. The summed E-state index contributed by atoms with van der Waals surface area (Å²) in [6, 6.07) is 3.17. The van der Waals surface area contributed by atoms with Gasteiger partial charge in [0, 0.05) is 29.0 Å². The normalized spacial score (nSPS) is 29.3. The van der Waals surface area contributed by atoms with Crippen molar-refractivity contribution in [1.82, 2.24) is 0 Å². The molecular formula is C24H28O5. The number of rotatable bonds is 4. The Morgan fingerprint density at radius 1 is 1.10 bits per heavy atom. The summed E-state index contributed by atoms with van der Waals surface area (Å²) in [5, 5.41) is 10.9. The van der Waals surface area contributed by atoms with Gasteiger partial charge in [0.25, 0.3) is 0 Å². The first-order valence-corrected chi connectivity index (χ1v) is 9.62. The van der Waals surface area contributed by atoms with Gasteiger partial charge in [-0.25, -0.2) is 0 Å². The molecule has 5 heteroatoms. The minimum Gasteiger partial charge on any atom is -0.507 e. The SMILES string of the molecule is C=CC1=CCC2(C)C(=O)C(C)=C(C)C(=O)C2(C)C1c1c(O)cc(OC)cc1OC. The number of carbonyl (C=O) groups is 2. The average Bonchev–Trinajstić information content (AvgIpc) is 2.72. The Labute approximate surface area is 171 Å². The zero-order valence-corrected chi connectivity index (χ0v) is 17.9. The minimum atomic E-state index is -1.11. The van der Waals surface area contributed by atoms with E-state index in [0.29, 0.717) is 34.6 Å². The molecule has 0 radical (unpaired) electrons. The number of allylic oxidation sites excluding steroid dienone is 5. The second-order valence-electron chi connectivity index (χ2n) is 8.25. The molecule has 0 saturated heterocycles. The van der Waals surface area contributed by atoms with E-state index < -0.39 is 16.7 Å². The van der Waals surface area contributed by atoms with Gasteiger partial charge in [0.2, 0.25) is 0 Å². The molecule has 0 fully saturated rings. The fourth-order valence-electron chi connectivity index (χ4n) is 4.98. The average molecular weight is 396 g/mol. The maximum absolute atomic E-state index is 13.7. The second-order valence-corrected chi connectivity index (χ2v) is 8.25. The first-order chi connectivity index (χ1) is 13.6. The largest absolute Gasteiger partial charge is 0.507 e. The van der Waals surface area contributed by atoms with Gasteiger partial charge in [0.15, 0.2) is 11.6 Å². The first kappa shape index (κ1) is 20.9. The summed E-state index contributed by atoms with van der Waals surface area (Å²) in [4.78, 5) is 27.1. The zero-order valence-electron chi connectivity index (χ0n) is 17.9. The molecule has 0 spiro atoms. The predicted octanol–water partition coefficient (Wildman–Crippen LogP) is 4.51. The van der Waals surface area contributed by atoms with Crippen molar-refractivity contribution in [2.24, 2.45) is 10.8 Å². The number of ether oxygens (including phenoxy) is 2. The molecule has 0 aliphatic heterocycles. The van der Waals surface area contributed by atoms with Gasteiger partial charge in [0.05, 0.1) is 19.6 Å². The Kier molecular flexibility index (Phi) is 4.98. The van der Waals surface area contributed by atoms with Crippen LogP contribution in [0.3, 0.4) is 0 Å². The fourth-order valence-corrected chi connectivity index (χ4v) is 4.98. The quantitative estimate of drug-likeness (QED) is 0.811. The van der Waals surface area contributed by atoms with E-state index in [1.165, 1.54) is 20.3 Å². The third-order valence-electron chi connectivity index (χ3n) is 7.09. The van der Waals surface area contributed by atoms with Crippen molar-refractivity contribution in [2.45, 2.75) is 40.0 Å². The van der Waals surface area contributed by atoms with Crippen molar-refractivity contribution in [3.63, 3.8) is 0 Å². The lowest BCUT2D eigenvalue weighted by Crippen LogP contribution is -2.57.